The van der Waals surface area contributed by atoms with Gasteiger partial charge in [0.15, 0.2) is 6.04 Å². The first kappa shape index (κ1) is 17.2. The van der Waals surface area contributed by atoms with Crippen molar-refractivity contribution in [2.75, 3.05) is 20.6 Å². The molecule has 0 bridgehead atoms. The van der Waals surface area contributed by atoms with Gasteiger partial charge in [0.2, 0.25) is 0 Å². The van der Waals surface area contributed by atoms with Crippen molar-refractivity contribution in [3.05, 3.63) is 17.5 Å². The van der Waals surface area contributed by atoms with Gasteiger partial charge >= 0.3 is 16.4 Å². The zero-order valence-electron chi connectivity index (χ0n) is 12.8. The van der Waals surface area contributed by atoms with E-state index in [1.54, 1.807) is 18.7 Å². The number of amides is 3. The zero-order valence-corrected chi connectivity index (χ0v) is 13.6. The second-order valence-electron chi connectivity index (χ2n) is 5.18. The Morgan fingerprint density at radius 3 is 2.70 bits per heavy atom. The Labute approximate surface area is 132 Å². The van der Waals surface area contributed by atoms with Gasteiger partial charge in [-0.1, -0.05) is 0 Å². The van der Waals surface area contributed by atoms with Crippen LogP contribution in [0.15, 0.2) is 6.20 Å². The summed E-state index contributed by atoms with van der Waals surface area (Å²) in [5, 5.41) is 4.09. The highest BCUT2D eigenvalue weighted by atomic mass is 32.3. The largest absolute Gasteiger partial charge is 0.418 e. The van der Waals surface area contributed by atoms with Crippen LogP contribution < -0.4 is 5.48 Å². The van der Waals surface area contributed by atoms with Gasteiger partial charge in [0, 0.05) is 27.7 Å². The minimum atomic E-state index is -4.84. The average Bonchev–Trinajstić information content (AvgIpc) is 2.84. The standard InChI is InChI=1S/C11H17N5O6S/c1-14(2)10(17)9-8-7(6-12-15(8)3)4-5-16(9)11(18)13-22-23(19,20)21/h6,9H,4-5H2,1-3H3,(H,13,18)(H,19,20,21)/t9-/m1/s1. The molecular weight excluding hydrogens is 330 g/mol. The van der Waals surface area contributed by atoms with E-state index in [4.69, 9.17) is 4.55 Å². The van der Waals surface area contributed by atoms with Crippen molar-refractivity contribution in [1.29, 1.82) is 0 Å². The SMILES string of the molecule is CN(C)C(=O)[C@H]1c2c(cnn2C)CCN1C(=O)NOS(=O)(=O)O. The van der Waals surface area contributed by atoms with Crippen LogP contribution in [-0.2, 0) is 32.9 Å². The first-order chi connectivity index (χ1) is 10.6. The fourth-order valence-corrected chi connectivity index (χ4v) is 2.59. The predicted octanol–water partition coefficient (Wildman–Crippen LogP) is -1.15. The van der Waals surface area contributed by atoms with E-state index in [-0.39, 0.29) is 12.5 Å². The van der Waals surface area contributed by atoms with E-state index in [9.17, 15) is 18.0 Å². The molecular formula is C11H17N5O6S. The van der Waals surface area contributed by atoms with Crippen molar-refractivity contribution in [2.24, 2.45) is 7.05 Å². The molecule has 23 heavy (non-hydrogen) atoms. The monoisotopic (exact) mass is 347 g/mol. The summed E-state index contributed by atoms with van der Waals surface area (Å²) in [6.45, 7) is 0.156. The van der Waals surface area contributed by atoms with Gasteiger partial charge in [0.25, 0.3) is 5.91 Å². The number of fused-ring (bicyclic) bond motifs is 1. The molecule has 1 aliphatic rings. The highest BCUT2D eigenvalue weighted by Crippen LogP contribution is 2.30. The van der Waals surface area contributed by atoms with E-state index in [2.05, 4.69) is 9.38 Å². The third kappa shape index (κ3) is 3.60. The molecule has 2 N–H and O–H groups in total. The van der Waals surface area contributed by atoms with Crippen molar-refractivity contribution in [2.45, 2.75) is 12.5 Å². The molecule has 0 spiro atoms. The molecule has 2 rings (SSSR count). The van der Waals surface area contributed by atoms with Gasteiger partial charge in [-0.3, -0.25) is 14.0 Å². The number of likely N-dealkylation sites (N-methyl/N-ethyl adjacent to an activating group) is 1. The fourth-order valence-electron chi connectivity index (χ4n) is 2.42. The molecule has 1 aliphatic heterocycles. The van der Waals surface area contributed by atoms with Crippen LogP contribution in [0.5, 0.6) is 0 Å². The number of nitrogens with zero attached hydrogens (tertiary/aromatic N) is 4. The fraction of sp³-hybridized carbons (Fsp3) is 0.545. The molecule has 11 nitrogen and oxygen atoms in total. The van der Waals surface area contributed by atoms with Crippen LogP contribution >= 0.6 is 0 Å². The molecule has 0 fully saturated rings. The summed E-state index contributed by atoms with van der Waals surface area (Å²) in [5.41, 5.74) is 2.97. The van der Waals surface area contributed by atoms with Gasteiger partial charge in [0.05, 0.1) is 11.9 Å². The third-order valence-corrected chi connectivity index (χ3v) is 3.72. The Balaban J connectivity index is 2.33. The summed E-state index contributed by atoms with van der Waals surface area (Å²) in [6, 6.07) is -1.94. The quantitative estimate of drug-likeness (QED) is 0.521. The van der Waals surface area contributed by atoms with E-state index in [1.165, 1.54) is 23.7 Å². The normalized spacial score (nSPS) is 17.6. The van der Waals surface area contributed by atoms with Crippen molar-refractivity contribution in [1.82, 2.24) is 25.1 Å². The molecule has 128 valence electrons. The molecule has 3 amide bonds. The Bertz CT molecular complexity index is 727. The molecule has 0 aliphatic carbocycles. The molecule has 0 aromatic carbocycles. The first-order valence-corrected chi connectivity index (χ1v) is 7.92. The number of carbonyl (C=O) groups is 2. The molecule has 2 heterocycles. The summed E-state index contributed by atoms with van der Waals surface area (Å²) >= 11 is 0. The first-order valence-electron chi connectivity index (χ1n) is 6.56. The Morgan fingerprint density at radius 1 is 1.48 bits per heavy atom. The number of urea groups is 1. The lowest BCUT2D eigenvalue weighted by atomic mass is 9.99. The summed E-state index contributed by atoms with van der Waals surface area (Å²) < 4.78 is 35.0. The van der Waals surface area contributed by atoms with Crippen LogP contribution in [0.4, 0.5) is 4.79 Å². The van der Waals surface area contributed by atoms with Gasteiger partial charge in [-0.2, -0.15) is 19.0 Å². The van der Waals surface area contributed by atoms with Gasteiger partial charge in [0.1, 0.15) is 0 Å². The topological polar surface area (TPSA) is 134 Å². The molecule has 1 atom stereocenters. The van der Waals surface area contributed by atoms with E-state index >= 15 is 0 Å². The van der Waals surface area contributed by atoms with E-state index < -0.39 is 22.5 Å². The molecule has 0 saturated carbocycles. The lowest BCUT2D eigenvalue weighted by molar-refractivity contribution is -0.134. The predicted molar refractivity (Wildman–Crippen MR) is 76.2 cm³/mol. The summed E-state index contributed by atoms with van der Waals surface area (Å²) in [4.78, 5) is 27.1. The van der Waals surface area contributed by atoms with Gasteiger partial charge in [-0.15, -0.1) is 4.28 Å². The molecule has 0 radical (unpaired) electrons. The van der Waals surface area contributed by atoms with Gasteiger partial charge in [-0.05, 0) is 12.0 Å². The van der Waals surface area contributed by atoms with E-state index in [0.29, 0.717) is 12.1 Å². The maximum atomic E-state index is 12.5. The van der Waals surface area contributed by atoms with Gasteiger partial charge in [-0.25, -0.2) is 4.79 Å². The Kier molecular flexibility index (Phi) is 4.58. The number of aromatic nitrogens is 2. The number of aryl methyl sites for hydroxylation is 1. The lowest BCUT2D eigenvalue weighted by Crippen LogP contribution is -2.51. The average molecular weight is 347 g/mol. The van der Waals surface area contributed by atoms with Crippen LogP contribution in [0.2, 0.25) is 0 Å². The minimum Gasteiger partial charge on any atom is -0.347 e. The highest BCUT2D eigenvalue weighted by Gasteiger charge is 2.39. The van der Waals surface area contributed by atoms with Crippen LogP contribution in [0.25, 0.3) is 0 Å². The summed E-state index contributed by atoms with van der Waals surface area (Å²) in [5.74, 6) is -0.378. The number of hydroxylamine groups is 1. The maximum absolute atomic E-state index is 12.5. The van der Waals surface area contributed by atoms with Crippen LogP contribution in [-0.4, -0.2) is 65.1 Å². The van der Waals surface area contributed by atoms with Crippen molar-refractivity contribution in [3.63, 3.8) is 0 Å². The Morgan fingerprint density at radius 2 is 2.13 bits per heavy atom. The molecule has 1 aromatic heterocycles. The Hall–Kier alpha value is -2.18. The number of rotatable bonds is 3. The second-order valence-corrected chi connectivity index (χ2v) is 6.20. The van der Waals surface area contributed by atoms with Crippen molar-refractivity contribution < 1.29 is 26.8 Å². The molecule has 1 aromatic rings. The van der Waals surface area contributed by atoms with Crippen LogP contribution in [0, 0.1) is 0 Å². The minimum absolute atomic E-state index is 0.156. The van der Waals surface area contributed by atoms with Crippen molar-refractivity contribution in [3.8, 4) is 0 Å². The smallest absolute Gasteiger partial charge is 0.347 e. The number of nitrogens with one attached hydrogen (secondary N) is 1. The third-order valence-electron chi connectivity index (χ3n) is 3.43. The molecule has 0 unspecified atom stereocenters. The number of carbonyl (C=O) groups excluding carboxylic acids is 2. The highest BCUT2D eigenvalue weighted by molar-refractivity contribution is 7.80. The summed E-state index contributed by atoms with van der Waals surface area (Å²) in [6.07, 6.45) is 2.06. The van der Waals surface area contributed by atoms with Gasteiger partial charge < -0.3 is 9.80 Å². The van der Waals surface area contributed by atoms with Crippen LogP contribution in [0.1, 0.15) is 17.3 Å². The van der Waals surface area contributed by atoms with E-state index in [1.807, 2.05) is 0 Å². The van der Waals surface area contributed by atoms with Crippen LogP contribution in [0.3, 0.4) is 0 Å². The molecule has 12 heteroatoms. The maximum Gasteiger partial charge on any atom is 0.418 e. The number of hydrogen-bond acceptors (Lipinski definition) is 6. The zero-order chi connectivity index (χ0) is 17.4. The molecule has 0 saturated heterocycles. The second kappa shape index (κ2) is 6.14. The lowest BCUT2D eigenvalue weighted by Gasteiger charge is -2.35. The van der Waals surface area contributed by atoms with Crippen molar-refractivity contribution >= 4 is 22.3 Å². The van der Waals surface area contributed by atoms with E-state index in [0.717, 1.165) is 10.5 Å². The number of hydrogen-bond donors (Lipinski definition) is 2. The summed E-state index contributed by atoms with van der Waals surface area (Å²) in [7, 11) is -0.119.